The molecule has 1 rings (SSSR count). The molecule has 0 saturated heterocycles. The maximum atomic E-state index is 12.0. The Morgan fingerprint density at radius 1 is 1.40 bits per heavy atom. The molecule has 0 bridgehead atoms. The number of aliphatic hydroxyl groups is 1. The minimum absolute atomic E-state index is 0.130. The van der Waals surface area contributed by atoms with Crippen LogP contribution in [-0.4, -0.2) is 37.2 Å². The minimum atomic E-state index is -0.371. The summed E-state index contributed by atoms with van der Waals surface area (Å²) in [5, 5.41) is 11.3. The van der Waals surface area contributed by atoms with Crippen molar-refractivity contribution < 1.29 is 19.4 Å². The Labute approximate surface area is 117 Å². The molecule has 0 unspecified atom stereocenters. The van der Waals surface area contributed by atoms with Crippen LogP contribution in [0.3, 0.4) is 0 Å². The molecule has 1 aromatic rings. The van der Waals surface area contributed by atoms with Gasteiger partial charge in [-0.25, -0.2) is 0 Å². The van der Waals surface area contributed by atoms with Crippen LogP contribution < -0.4 is 5.32 Å². The highest BCUT2D eigenvalue weighted by atomic mass is 16.5. The number of hydrogen-bond donors (Lipinski definition) is 2. The number of methoxy groups -OCH3 is 1. The van der Waals surface area contributed by atoms with Crippen molar-refractivity contribution in [2.45, 2.75) is 13.3 Å². The fourth-order valence-electron chi connectivity index (χ4n) is 1.63. The third kappa shape index (κ3) is 4.41. The zero-order valence-corrected chi connectivity index (χ0v) is 11.5. The van der Waals surface area contributed by atoms with Crippen LogP contribution in [0, 0.1) is 18.8 Å². The van der Waals surface area contributed by atoms with E-state index in [1.54, 1.807) is 25.1 Å². The van der Waals surface area contributed by atoms with E-state index >= 15 is 0 Å². The van der Waals surface area contributed by atoms with Crippen LogP contribution in [-0.2, 0) is 9.53 Å². The molecule has 0 fully saturated rings. The van der Waals surface area contributed by atoms with E-state index in [0.29, 0.717) is 11.1 Å². The highest BCUT2D eigenvalue weighted by Gasteiger charge is 2.11. The van der Waals surface area contributed by atoms with Gasteiger partial charge in [0, 0.05) is 17.7 Å². The smallest absolute Gasteiger partial charge is 0.307 e. The van der Waals surface area contributed by atoms with E-state index in [4.69, 9.17) is 5.11 Å². The molecule has 20 heavy (non-hydrogen) atoms. The summed E-state index contributed by atoms with van der Waals surface area (Å²) in [4.78, 5) is 23.0. The molecule has 1 aromatic carbocycles. The first-order valence-corrected chi connectivity index (χ1v) is 6.14. The summed E-state index contributed by atoms with van der Waals surface area (Å²) in [7, 11) is 1.30. The van der Waals surface area contributed by atoms with Crippen molar-refractivity contribution in [3.63, 3.8) is 0 Å². The molecule has 106 valence electrons. The first kappa shape index (κ1) is 15.7. The Bertz CT molecular complexity index is 555. The van der Waals surface area contributed by atoms with Crippen LogP contribution in [0.15, 0.2) is 18.2 Å². The van der Waals surface area contributed by atoms with Crippen LogP contribution in [0.4, 0.5) is 0 Å². The van der Waals surface area contributed by atoms with Crippen molar-refractivity contribution in [1.29, 1.82) is 0 Å². The molecule has 5 nitrogen and oxygen atoms in total. The monoisotopic (exact) mass is 275 g/mol. The highest BCUT2D eigenvalue weighted by Crippen LogP contribution is 2.12. The van der Waals surface area contributed by atoms with Gasteiger partial charge in [0.25, 0.3) is 5.91 Å². The van der Waals surface area contributed by atoms with E-state index in [9.17, 15) is 9.59 Å². The predicted octanol–water partition coefficient (Wildman–Crippen LogP) is 0.632. The molecular weight excluding hydrogens is 258 g/mol. The Kier molecular flexibility index (Phi) is 6.27. The van der Waals surface area contributed by atoms with Gasteiger partial charge in [0.15, 0.2) is 0 Å². The summed E-state index contributed by atoms with van der Waals surface area (Å²) in [6.45, 7) is 1.78. The van der Waals surface area contributed by atoms with Crippen LogP contribution in [0.2, 0.25) is 0 Å². The number of rotatable bonds is 4. The molecule has 0 radical (unpaired) electrons. The maximum Gasteiger partial charge on any atom is 0.307 e. The van der Waals surface area contributed by atoms with Crippen LogP contribution in [0.25, 0.3) is 0 Å². The average molecular weight is 275 g/mol. The summed E-state index contributed by atoms with van der Waals surface area (Å²) in [5.74, 6) is 4.70. The zero-order valence-electron chi connectivity index (χ0n) is 11.5. The molecule has 0 aromatic heterocycles. The molecule has 0 heterocycles. The van der Waals surface area contributed by atoms with Gasteiger partial charge in [-0.1, -0.05) is 17.9 Å². The van der Waals surface area contributed by atoms with Crippen molar-refractivity contribution in [1.82, 2.24) is 5.32 Å². The number of ether oxygens (including phenoxy) is 1. The lowest BCUT2D eigenvalue weighted by atomic mass is 10.0. The number of benzene rings is 1. The molecule has 0 aliphatic heterocycles. The molecular formula is C15H17NO4. The molecule has 1 amide bonds. The van der Waals surface area contributed by atoms with Crippen molar-refractivity contribution in [3.8, 4) is 11.8 Å². The standard InChI is InChI=1S/C15H17NO4/c1-11-12(6-4-10-17)5-3-7-13(11)15(19)16-9-8-14(18)20-2/h3,5,7,17H,8-10H2,1-2H3,(H,16,19). The largest absolute Gasteiger partial charge is 0.469 e. The first-order chi connectivity index (χ1) is 9.60. The van der Waals surface area contributed by atoms with Gasteiger partial charge < -0.3 is 15.2 Å². The van der Waals surface area contributed by atoms with Gasteiger partial charge in [0.2, 0.25) is 0 Å². The second kappa shape index (κ2) is 7.97. The molecule has 0 aliphatic carbocycles. The van der Waals surface area contributed by atoms with Crippen molar-refractivity contribution in [3.05, 3.63) is 34.9 Å². The van der Waals surface area contributed by atoms with E-state index in [1.165, 1.54) is 7.11 Å². The first-order valence-electron chi connectivity index (χ1n) is 6.14. The van der Waals surface area contributed by atoms with Gasteiger partial charge in [-0.2, -0.15) is 0 Å². The lowest BCUT2D eigenvalue weighted by molar-refractivity contribution is -0.140. The second-order valence-electron chi connectivity index (χ2n) is 4.02. The maximum absolute atomic E-state index is 12.0. The average Bonchev–Trinajstić information content (AvgIpc) is 2.45. The molecule has 0 aliphatic rings. The van der Waals surface area contributed by atoms with Crippen molar-refractivity contribution in [2.75, 3.05) is 20.3 Å². The van der Waals surface area contributed by atoms with Crippen LogP contribution in [0.5, 0.6) is 0 Å². The molecule has 2 N–H and O–H groups in total. The van der Waals surface area contributed by atoms with E-state index < -0.39 is 0 Å². The minimum Gasteiger partial charge on any atom is -0.469 e. The van der Waals surface area contributed by atoms with Crippen LogP contribution >= 0.6 is 0 Å². The van der Waals surface area contributed by atoms with Gasteiger partial charge in [0.05, 0.1) is 13.5 Å². The number of carbonyl (C=O) groups is 2. The molecule has 0 saturated carbocycles. The predicted molar refractivity (Wildman–Crippen MR) is 74.1 cm³/mol. The highest BCUT2D eigenvalue weighted by molar-refractivity contribution is 5.96. The number of nitrogens with one attached hydrogen (secondary N) is 1. The number of aliphatic hydroxyl groups excluding tert-OH is 1. The van der Waals surface area contributed by atoms with E-state index in [0.717, 1.165) is 5.56 Å². The fraction of sp³-hybridized carbons (Fsp3) is 0.333. The lowest BCUT2D eigenvalue weighted by Crippen LogP contribution is -2.27. The lowest BCUT2D eigenvalue weighted by Gasteiger charge is -2.08. The van der Waals surface area contributed by atoms with Gasteiger partial charge in [0.1, 0.15) is 6.61 Å². The quantitative estimate of drug-likeness (QED) is 0.624. The number of carbonyl (C=O) groups excluding carboxylic acids is 2. The van der Waals surface area contributed by atoms with Crippen molar-refractivity contribution in [2.24, 2.45) is 0 Å². The van der Waals surface area contributed by atoms with Gasteiger partial charge in [-0.05, 0) is 24.6 Å². The summed E-state index contributed by atoms with van der Waals surface area (Å²) in [5.41, 5.74) is 1.93. The Morgan fingerprint density at radius 3 is 2.80 bits per heavy atom. The summed E-state index contributed by atoms with van der Waals surface area (Å²) in [6, 6.07) is 5.19. The molecule has 5 heteroatoms. The Morgan fingerprint density at radius 2 is 2.15 bits per heavy atom. The molecule has 0 atom stereocenters. The number of hydrogen-bond acceptors (Lipinski definition) is 4. The van der Waals surface area contributed by atoms with E-state index in [2.05, 4.69) is 21.9 Å². The summed E-state index contributed by atoms with van der Waals surface area (Å²) in [6.07, 6.45) is 0.130. The normalized spacial score (nSPS) is 9.35. The topological polar surface area (TPSA) is 75.6 Å². The molecule has 0 spiro atoms. The van der Waals surface area contributed by atoms with Gasteiger partial charge >= 0.3 is 5.97 Å². The number of esters is 1. The third-order valence-electron chi connectivity index (χ3n) is 2.72. The fourth-order valence-corrected chi connectivity index (χ4v) is 1.63. The van der Waals surface area contributed by atoms with Gasteiger partial charge in [-0.3, -0.25) is 9.59 Å². The summed E-state index contributed by atoms with van der Waals surface area (Å²) >= 11 is 0. The van der Waals surface area contributed by atoms with E-state index in [1.807, 2.05) is 0 Å². The third-order valence-corrected chi connectivity index (χ3v) is 2.72. The Balaban J connectivity index is 2.76. The Hall–Kier alpha value is -2.32. The summed E-state index contributed by atoms with van der Waals surface area (Å²) < 4.78 is 4.49. The van der Waals surface area contributed by atoms with Gasteiger partial charge in [-0.15, -0.1) is 0 Å². The van der Waals surface area contributed by atoms with Crippen molar-refractivity contribution >= 4 is 11.9 Å². The zero-order chi connectivity index (χ0) is 15.0. The second-order valence-corrected chi connectivity index (χ2v) is 4.02. The number of amides is 1. The van der Waals surface area contributed by atoms with E-state index in [-0.39, 0.29) is 31.4 Å². The van der Waals surface area contributed by atoms with Crippen LogP contribution in [0.1, 0.15) is 27.9 Å². The SMILES string of the molecule is COC(=O)CCNC(=O)c1cccc(C#CCO)c1C.